The Morgan fingerprint density at radius 2 is 2.05 bits per heavy atom. The van der Waals surface area contributed by atoms with Crippen molar-refractivity contribution in [2.45, 2.75) is 26.8 Å². The van der Waals surface area contributed by atoms with Crippen LogP contribution in [0.1, 0.15) is 20.8 Å². The smallest absolute Gasteiger partial charge is 0.284 e. The lowest BCUT2D eigenvalue weighted by Gasteiger charge is -2.25. The normalized spacial score (nSPS) is 13.9. The van der Waals surface area contributed by atoms with Gasteiger partial charge in [0.15, 0.2) is 0 Å². The summed E-state index contributed by atoms with van der Waals surface area (Å²) in [4.78, 5) is 9.95. The predicted octanol–water partition coefficient (Wildman–Crippen LogP) is 1.24. The highest BCUT2D eigenvalue weighted by atomic mass is 32.2. The van der Waals surface area contributed by atoms with Crippen molar-refractivity contribution in [2.75, 3.05) is 13.1 Å². The molecule has 114 valence electrons. The Hall–Kier alpha value is -1.51. The first-order valence-electron chi connectivity index (χ1n) is 6.06. The van der Waals surface area contributed by atoms with Gasteiger partial charge in [0.2, 0.25) is 10.0 Å². The summed E-state index contributed by atoms with van der Waals surface area (Å²) in [5.74, 6) is 0. The Bertz CT molecular complexity index is 521. The molecule has 0 unspecified atom stereocenters. The van der Waals surface area contributed by atoms with Crippen molar-refractivity contribution in [2.24, 2.45) is 5.73 Å². The molecule has 2 N–H and O–H groups in total. The van der Waals surface area contributed by atoms with Gasteiger partial charge in [0.1, 0.15) is 4.91 Å². The van der Waals surface area contributed by atoms with E-state index < -0.39 is 20.6 Å². The first-order valence-corrected chi connectivity index (χ1v) is 7.50. The van der Waals surface area contributed by atoms with Crippen molar-refractivity contribution in [3.8, 4) is 0 Å². The number of rotatable bonds is 8. The van der Waals surface area contributed by atoms with Gasteiger partial charge in [-0.15, -0.1) is 0 Å². The van der Waals surface area contributed by atoms with E-state index in [1.807, 2.05) is 0 Å². The Morgan fingerprint density at radius 3 is 2.40 bits per heavy atom. The maximum atomic E-state index is 12.4. The van der Waals surface area contributed by atoms with Gasteiger partial charge in [-0.25, -0.2) is 8.42 Å². The first-order chi connectivity index (χ1) is 9.19. The molecule has 0 radical (unpaired) electrons. The molecule has 0 atom stereocenters. The topological polar surface area (TPSA) is 107 Å². The van der Waals surface area contributed by atoms with Crippen LogP contribution in [0.4, 0.5) is 0 Å². The zero-order valence-corrected chi connectivity index (χ0v) is 12.8. The van der Waals surface area contributed by atoms with Gasteiger partial charge in [-0.2, -0.15) is 4.31 Å². The maximum absolute atomic E-state index is 12.4. The van der Waals surface area contributed by atoms with E-state index in [0.717, 1.165) is 10.4 Å². The summed E-state index contributed by atoms with van der Waals surface area (Å²) in [6.07, 6.45) is 3.77. The highest BCUT2D eigenvalue weighted by Gasteiger charge is 2.31. The fourth-order valence-electron chi connectivity index (χ4n) is 1.56. The summed E-state index contributed by atoms with van der Waals surface area (Å²) in [6.45, 7) is 8.23. The molecule has 0 aromatic rings. The third-order valence-corrected chi connectivity index (χ3v) is 4.77. The van der Waals surface area contributed by atoms with Crippen molar-refractivity contribution >= 4 is 10.0 Å². The highest BCUT2D eigenvalue weighted by molar-refractivity contribution is 7.93. The number of nitro groups is 1. The Kier molecular flexibility index (Phi) is 7.33. The Balaban J connectivity index is 5.92. The van der Waals surface area contributed by atoms with Gasteiger partial charge in [-0.1, -0.05) is 18.7 Å². The van der Waals surface area contributed by atoms with E-state index in [4.69, 9.17) is 5.73 Å². The largest absolute Gasteiger partial charge is 0.329 e. The molecule has 0 aromatic heterocycles. The lowest BCUT2D eigenvalue weighted by atomic mass is 10.3. The molecule has 7 nitrogen and oxygen atoms in total. The minimum Gasteiger partial charge on any atom is -0.329 e. The maximum Gasteiger partial charge on any atom is 0.284 e. The molecule has 0 aromatic carbocycles. The van der Waals surface area contributed by atoms with E-state index in [1.165, 1.54) is 19.1 Å². The standard InChI is InChI=1S/C12H21N3O4S/c1-5-6-7-12(15(16)17)11(4)20(18,19)14(9-8-13)10(2)3/h5-7,10H,1,8-9,13H2,2-4H3/b7-6-,12-11-. The van der Waals surface area contributed by atoms with Crippen LogP contribution in [0, 0.1) is 10.1 Å². The summed E-state index contributed by atoms with van der Waals surface area (Å²) >= 11 is 0. The lowest BCUT2D eigenvalue weighted by molar-refractivity contribution is -0.419. The van der Waals surface area contributed by atoms with Gasteiger partial charge >= 0.3 is 0 Å². The summed E-state index contributed by atoms with van der Waals surface area (Å²) in [6, 6.07) is -0.338. The predicted molar refractivity (Wildman–Crippen MR) is 78.8 cm³/mol. The number of nitrogens with zero attached hydrogens (tertiary/aromatic N) is 2. The molecule has 0 saturated carbocycles. The van der Waals surface area contributed by atoms with Crippen LogP contribution in [0.2, 0.25) is 0 Å². The number of nitrogens with two attached hydrogens (primary N) is 1. The van der Waals surface area contributed by atoms with Gasteiger partial charge in [-0.05, 0) is 20.8 Å². The molecule has 20 heavy (non-hydrogen) atoms. The van der Waals surface area contributed by atoms with Crippen LogP contribution in [0.3, 0.4) is 0 Å². The van der Waals surface area contributed by atoms with Gasteiger partial charge in [-0.3, -0.25) is 10.1 Å². The zero-order chi connectivity index (χ0) is 15.9. The van der Waals surface area contributed by atoms with Crippen LogP contribution in [0.25, 0.3) is 0 Å². The van der Waals surface area contributed by atoms with Crippen LogP contribution in [-0.4, -0.2) is 36.8 Å². The zero-order valence-electron chi connectivity index (χ0n) is 11.9. The molecule has 0 bridgehead atoms. The lowest BCUT2D eigenvalue weighted by Crippen LogP contribution is -2.41. The van der Waals surface area contributed by atoms with E-state index in [-0.39, 0.29) is 24.0 Å². The molecule has 0 aliphatic heterocycles. The average molecular weight is 303 g/mol. The van der Waals surface area contributed by atoms with E-state index in [1.54, 1.807) is 13.8 Å². The monoisotopic (exact) mass is 303 g/mol. The summed E-state index contributed by atoms with van der Waals surface area (Å²) in [7, 11) is -3.93. The highest BCUT2D eigenvalue weighted by Crippen LogP contribution is 2.20. The molecule has 0 rings (SSSR count). The first kappa shape index (κ1) is 18.5. The van der Waals surface area contributed by atoms with Crippen LogP contribution < -0.4 is 5.73 Å². The minimum atomic E-state index is -3.93. The molecule has 0 saturated heterocycles. The average Bonchev–Trinajstić information content (AvgIpc) is 2.35. The quantitative estimate of drug-likeness (QED) is 0.412. The molecule has 0 aliphatic rings. The van der Waals surface area contributed by atoms with Crippen molar-refractivity contribution < 1.29 is 13.3 Å². The SMILES string of the molecule is C=C/C=C\C(=C(/C)S(=O)(=O)N(CCN)C(C)C)[N+](=O)[O-]. The Morgan fingerprint density at radius 1 is 1.50 bits per heavy atom. The number of hydrogen-bond donors (Lipinski definition) is 1. The van der Waals surface area contributed by atoms with Crippen LogP contribution in [-0.2, 0) is 10.0 Å². The summed E-state index contributed by atoms with van der Waals surface area (Å²) in [5.41, 5.74) is 4.92. The second-order valence-electron chi connectivity index (χ2n) is 4.29. The molecule has 0 spiro atoms. The fraction of sp³-hybridized carbons (Fsp3) is 0.500. The van der Waals surface area contributed by atoms with Gasteiger partial charge in [0, 0.05) is 25.2 Å². The molecule has 0 fully saturated rings. The van der Waals surface area contributed by atoms with Gasteiger partial charge < -0.3 is 5.73 Å². The van der Waals surface area contributed by atoms with Crippen molar-refractivity contribution in [3.63, 3.8) is 0 Å². The van der Waals surface area contributed by atoms with E-state index in [2.05, 4.69) is 6.58 Å². The molecule has 0 aliphatic carbocycles. The summed E-state index contributed by atoms with van der Waals surface area (Å²) < 4.78 is 26.0. The van der Waals surface area contributed by atoms with Crippen molar-refractivity contribution in [3.05, 3.63) is 45.5 Å². The van der Waals surface area contributed by atoms with Crippen molar-refractivity contribution in [1.29, 1.82) is 0 Å². The molecular weight excluding hydrogens is 282 g/mol. The van der Waals surface area contributed by atoms with E-state index >= 15 is 0 Å². The number of sulfonamides is 1. The number of hydrogen-bond acceptors (Lipinski definition) is 5. The van der Waals surface area contributed by atoms with Crippen LogP contribution >= 0.6 is 0 Å². The fourth-order valence-corrected chi connectivity index (χ4v) is 3.22. The van der Waals surface area contributed by atoms with Gasteiger partial charge in [0.25, 0.3) is 5.70 Å². The van der Waals surface area contributed by atoms with E-state index in [9.17, 15) is 18.5 Å². The van der Waals surface area contributed by atoms with Crippen LogP contribution in [0.5, 0.6) is 0 Å². The Labute approximate surface area is 119 Å². The third kappa shape index (κ3) is 4.55. The van der Waals surface area contributed by atoms with E-state index in [0.29, 0.717) is 0 Å². The molecule has 0 heterocycles. The van der Waals surface area contributed by atoms with Gasteiger partial charge in [0.05, 0.1) is 4.92 Å². The number of allylic oxidation sites excluding steroid dienone is 4. The molecule has 8 heteroatoms. The van der Waals surface area contributed by atoms with Crippen molar-refractivity contribution in [1.82, 2.24) is 4.31 Å². The third-order valence-electron chi connectivity index (χ3n) is 2.57. The second-order valence-corrected chi connectivity index (χ2v) is 6.32. The second kappa shape index (κ2) is 7.93. The molecule has 0 amide bonds. The summed E-state index contributed by atoms with van der Waals surface area (Å²) in [5, 5.41) is 11.0. The minimum absolute atomic E-state index is 0.105. The van der Waals surface area contributed by atoms with Crippen LogP contribution in [0.15, 0.2) is 35.4 Å². The molecular formula is C12H21N3O4S.